The van der Waals surface area contributed by atoms with E-state index in [1.165, 1.54) is 0 Å². The zero-order chi connectivity index (χ0) is 15.5. The van der Waals surface area contributed by atoms with Gasteiger partial charge in [0, 0.05) is 19.1 Å². The van der Waals surface area contributed by atoms with Crippen molar-refractivity contribution < 1.29 is 19.8 Å². The molecule has 0 radical (unpaired) electrons. The standard InChI is InChI=1S/C14H28N2O4/c1-4-7-11(13(18)19)10-15-14(20)16(8-9-17)12(5-2)6-3/h11-12,17H,4-10H2,1-3H3,(H,15,20)(H,18,19). The number of carboxylic acids is 1. The first-order chi connectivity index (χ1) is 9.51. The molecular weight excluding hydrogens is 260 g/mol. The molecule has 0 aromatic carbocycles. The van der Waals surface area contributed by atoms with Crippen LogP contribution in [-0.4, -0.2) is 52.9 Å². The molecule has 6 heteroatoms. The van der Waals surface area contributed by atoms with E-state index in [0.717, 1.165) is 19.3 Å². The largest absolute Gasteiger partial charge is 0.481 e. The van der Waals surface area contributed by atoms with Gasteiger partial charge in [-0.05, 0) is 19.3 Å². The van der Waals surface area contributed by atoms with Gasteiger partial charge in [0.15, 0.2) is 0 Å². The zero-order valence-electron chi connectivity index (χ0n) is 12.8. The van der Waals surface area contributed by atoms with Gasteiger partial charge in [-0.25, -0.2) is 4.79 Å². The second kappa shape index (κ2) is 10.5. The summed E-state index contributed by atoms with van der Waals surface area (Å²) in [6, 6.07) is -0.230. The molecule has 0 aromatic heterocycles. The number of aliphatic carboxylic acids is 1. The van der Waals surface area contributed by atoms with Crippen LogP contribution >= 0.6 is 0 Å². The molecule has 118 valence electrons. The van der Waals surface area contributed by atoms with Gasteiger partial charge in [0.2, 0.25) is 0 Å². The summed E-state index contributed by atoms with van der Waals surface area (Å²) in [5, 5.41) is 20.8. The fourth-order valence-electron chi connectivity index (χ4n) is 2.26. The summed E-state index contributed by atoms with van der Waals surface area (Å²) in [5.41, 5.74) is 0. The van der Waals surface area contributed by atoms with Crippen LogP contribution in [0.15, 0.2) is 0 Å². The maximum absolute atomic E-state index is 12.1. The summed E-state index contributed by atoms with van der Waals surface area (Å²) in [7, 11) is 0. The predicted molar refractivity (Wildman–Crippen MR) is 77.6 cm³/mol. The normalized spacial score (nSPS) is 12.2. The summed E-state index contributed by atoms with van der Waals surface area (Å²) in [5.74, 6) is -1.44. The van der Waals surface area contributed by atoms with E-state index >= 15 is 0 Å². The van der Waals surface area contributed by atoms with Crippen molar-refractivity contribution in [3.05, 3.63) is 0 Å². The van der Waals surface area contributed by atoms with Crippen LogP contribution in [0.2, 0.25) is 0 Å². The number of amides is 2. The fourth-order valence-corrected chi connectivity index (χ4v) is 2.26. The van der Waals surface area contributed by atoms with Crippen LogP contribution in [0, 0.1) is 5.92 Å². The van der Waals surface area contributed by atoms with Crippen molar-refractivity contribution in [2.75, 3.05) is 19.7 Å². The summed E-state index contributed by atoms with van der Waals surface area (Å²) in [4.78, 5) is 24.8. The number of nitrogens with zero attached hydrogens (tertiary/aromatic N) is 1. The molecule has 0 rings (SSSR count). The number of nitrogens with one attached hydrogen (secondary N) is 1. The number of aliphatic hydroxyl groups excluding tert-OH is 1. The van der Waals surface area contributed by atoms with E-state index in [9.17, 15) is 9.59 Å². The first-order valence-corrected chi connectivity index (χ1v) is 7.39. The highest BCUT2D eigenvalue weighted by atomic mass is 16.4. The Morgan fingerprint density at radius 3 is 2.20 bits per heavy atom. The molecule has 0 spiro atoms. The van der Waals surface area contributed by atoms with Crippen LogP contribution in [-0.2, 0) is 4.79 Å². The van der Waals surface area contributed by atoms with Crippen molar-refractivity contribution in [2.24, 2.45) is 5.92 Å². The molecule has 0 fully saturated rings. The number of rotatable bonds is 10. The number of hydrogen-bond acceptors (Lipinski definition) is 3. The lowest BCUT2D eigenvalue weighted by Crippen LogP contribution is -2.48. The average molecular weight is 288 g/mol. The van der Waals surface area contributed by atoms with Gasteiger partial charge in [-0.3, -0.25) is 4.79 Å². The molecule has 6 nitrogen and oxygen atoms in total. The second-order valence-corrected chi connectivity index (χ2v) is 4.90. The first kappa shape index (κ1) is 18.7. The monoisotopic (exact) mass is 288 g/mol. The lowest BCUT2D eigenvalue weighted by molar-refractivity contribution is -0.141. The molecule has 3 N–H and O–H groups in total. The van der Waals surface area contributed by atoms with Gasteiger partial charge in [0.25, 0.3) is 0 Å². The lowest BCUT2D eigenvalue weighted by atomic mass is 10.0. The smallest absolute Gasteiger partial charge is 0.317 e. The Labute approximate surface area is 121 Å². The molecule has 0 heterocycles. The highest BCUT2D eigenvalue weighted by Crippen LogP contribution is 2.10. The Balaban J connectivity index is 4.55. The molecule has 0 aromatic rings. The molecule has 2 amide bonds. The Kier molecular flexibility index (Phi) is 9.80. The zero-order valence-corrected chi connectivity index (χ0v) is 12.8. The third-order valence-corrected chi connectivity index (χ3v) is 3.47. The van der Waals surface area contributed by atoms with Crippen molar-refractivity contribution in [1.82, 2.24) is 10.2 Å². The van der Waals surface area contributed by atoms with Crippen molar-refractivity contribution >= 4 is 12.0 Å². The predicted octanol–water partition coefficient (Wildman–Crippen LogP) is 1.68. The third kappa shape index (κ3) is 6.23. The molecule has 0 aliphatic heterocycles. The fraction of sp³-hybridized carbons (Fsp3) is 0.857. The third-order valence-electron chi connectivity index (χ3n) is 3.47. The van der Waals surface area contributed by atoms with Crippen LogP contribution in [0.4, 0.5) is 4.79 Å². The number of carbonyl (C=O) groups is 2. The van der Waals surface area contributed by atoms with Crippen LogP contribution in [0.1, 0.15) is 46.5 Å². The SMILES string of the molecule is CCCC(CNC(=O)N(CCO)C(CC)CC)C(=O)O. The minimum absolute atomic E-state index is 0.0663. The van der Waals surface area contributed by atoms with Crippen LogP contribution in [0.25, 0.3) is 0 Å². The Bertz CT molecular complexity index is 293. The first-order valence-electron chi connectivity index (χ1n) is 7.39. The van der Waals surface area contributed by atoms with E-state index < -0.39 is 11.9 Å². The van der Waals surface area contributed by atoms with Crippen molar-refractivity contribution in [2.45, 2.75) is 52.5 Å². The van der Waals surface area contributed by atoms with Crippen LogP contribution in [0.3, 0.4) is 0 Å². The van der Waals surface area contributed by atoms with Gasteiger partial charge in [0.05, 0.1) is 12.5 Å². The molecule has 1 atom stereocenters. The van der Waals surface area contributed by atoms with Crippen molar-refractivity contribution in [1.29, 1.82) is 0 Å². The number of hydrogen-bond donors (Lipinski definition) is 3. The van der Waals surface area contributed by atoms with Crippen molar-refractivity contribution in [3.63, 3.8) is 0 Å². The van der Waals surface area contributed by atoms with Gasteiger partial charge in [-0.1, -0.05) is 27.2 Å². The average Bonchev–Trinajstić information content (AvgIpc) is 2.43. The lowest BCUT2D eigenvalue weighted by Gasteiger charge is -2.30. The van der Waals surface area contributed by atoms with Gasteiger partial charge in [-0.2, -0.15) is 0 Å². The van der Waals surface area contributed by atoms with Crippen LogP contribution in [0.5, 0.6) is 0 Å². The molecule has 0 aliphatic rings. The second-order valence-electron chi connectivity index (χ2n) is 4.90. The number of urea groups is 1. The van der Waals surface area contributed by atoms with E-state index in [1.807, 2.05) is 20.8 Å². The van der Waals surface area contributed by atoms with E-state index in [-0.39, 0.29) is 31.8 Å². The van der Waals surface area contributed by atoms with Gasteiger partial charge < -0.3 is 20.4 Å². The Morgan fingerprint density at radius 1 is 1.20 bits per heavy atom. The van der Waals surface area contributed by atoms with Gasteiger partial charge in [0.1, 0.15) is 0 Å². The molecule has 0 saturated heterocycles. The van der Waals surface area contributed by atoms with E-state index in [0.29, 0.717) is 6.42 Å². The minimum atomic E-state index is -0.886. The molecule has 0 aliphatic carbocycles. The van der Waals surface area contributed by atoms with E-state index in [2.05, 4.69) is 5.32 Å². The highest BCUT2D eigenvalue weighted by Gasteiger charge is 2.23. The van der Waals surface area contributed by atoms with Crippen molar-refractivity contribution in [3.8, 4) is 0 Å². The maximum Gasteiger partial charge on any atom is 0.317 e. The number of aliphatic hydroxyl groups is 1. The van der Waals surface area contributed by atoms with Crippen LogP contribution < -0.4 is 5.32 Å². The minimum Gasteiger partial charge on any atom is -0.481 e. The summed E-state index contributed by atoms with van der Waals surface area (Å²) in [6.07, 6.45) is 2.92. The van der Waals surface area contributed by atoms with Gasteiger partial charge in [-0.15, -0.1) is 0 Å². The molecule has 0 bridgehead atoms. The summed E-state index contributed by atoms with van der Waals surface area (Å²) >= 11 is 0. The molecule has 1 unspecified atom stereocenters. The Morgan fingerprint density at radius 2 is 1.80 bits per heavy atom. The molecular formula is C14H28N2O4. The summed E-state index contributed by atoms with van der Waals surface area (Å²) in [6.45, 7) is 6.20. The molecule has 20 heavy (non-hydrogen) atoms. The summed E-state index contributed by atoms with van der Waals surface area (Å²) < 4.78 is 0. The quantitative estimate of drug-likeness (QED) is 0.570. The van der Waals surface area contributed by atoms with E-state index in [4.69, 9.17) is 10.2 Å². The topological polar surface area (TPSA) is 89.9 Å². The maximum atomic E-state index is 12.1. The van der Waals surface area contributed by atoms with E-state index in [1.54, 1.807) is 4.90 Å². The number of carbonyl (C=O) groups excluding carboxylic acids is 1. The highest BCUT2D eigenvalue weighted by molar-refractivity contribution is 5.76. The number of carboxylic acid groups (broad SMARTS) is 1. The van der Waals surface area contributed by atoms with Gasteiger partial charge >= 0.3 is 12.0 Å². The Hall–Kier alpha value is -1.30. The molecule has 0 saturated carbocycles.